The zero-order valence-corrected chi connectivity index (χ0v) is 11.7. The smallest absolute Gasteiger partial charge is 0.257 e. The van der Waals surface area contributed by atoms with E-state index in [9.17, 15) is 9.90 Å². The van der Waals surface area contributed by atoms with E-state index in [2.05, 4.69) is 6.92 Å². The Balaban J connectivity index is 2.27. The molecule has 0 radical (unpaired) electrons. The number of carbonyl (C=O) groups excluding carboxylic acids is 1. The van der Waals surface area contributed by atoms with Crippen molar-refractivity contribution in [2.24, 2.45) is 11.7 Å². The molecule has 0 aliphatic carbocycles. The fraction of sp³-hybridized carbons (Fsp3) is 0.500. The van der Waals surface area contributed by atoms with E-state index < -0.39 is 0 Å². The van der Waals surface area contributed by atoms with Crippen LogP contribution >= 0.6 is 11.6 Å². The van der Waals surface area contributed by atoms with E-state index >= 15 is 0 Å². The van der Waals surface area contributed by atoms with Crippen molar-refractivity contribution in [3.8, 4) is 5.75 Å². The van der Waals surface area contributed by atoms with E-state index in [4.69, 9.17) is 17.3 Å². The van der Waals surface area contributed by atoms with Gasteiger partial charge in [-0.2, -0.15) is 0 Å². The molecule has 1 aliphatic rings. The van der Waals surface area contributed by atoms with Crippen LogP contribution < -0.4 is 5.73 Å². The molecule has 3 N–H and O–H groups in total. The monoisotopic (exact) mass is 282 g/mol. The number of phenolic OH excluding ortho intramolecular Hbond substituents is 1. The first-order valence-electron chi connectivity index (χ1n) is 6.54. The maximum Gasteiger partial charge on any atom is 0.257 e. The van der Waals surface area contributed by atoms with E-state index in [1.54, 1.807) is 17.0 Å². The quantitative estimate of drug-likeness (QED) is 0.874. The summed E-state index contributed by atoms with van der Waals surface area (Å²) in [5.41, 5.74) is 6.07. The second-order valence-corrected chi connectivity index (χ2v) is 5.52. The Hall–Kier alpha value is -1.26. The zero-order chi connectivity index (χ0) is 14.0. The standard InChI is InChI=1S/C14H19ClN2O2/c1-9-3-2-6-17(12(9)8-16)14(19)11-5-4-10(15)7-13(11)18/h4-5,7,9,12,18H,2-3,6,8,16H2,1H3. The Morgan fingerprint density at radius 1 is 1.58 bits per heavy atom. The lowest BCUT2D eigenvalue weighted by atomic mass is 9.90. The number of rotatable bonds is 2. The van der Waals surface area contributed by atoms with Crippen molar-refractivity contribution in [1.82, 2.24) is 4.90 Å². The van der Waals surface area contributed by atoms with Gasteiger partial charge in [-0.1, -0.05) is 18.5 Å². The van der Waals surface area contributed by atoms with E-state index in [1.807, 2.05) is 0 Å². The summed E-state index contributed by atoms with van der Waals surface area (Å²) >= 11 is 5.78. The number of carbonyl (C=O) groups is 1. The molecule has 19 heavy (non-hydrogen) atoms. The summed E-state index contributed by atoms with van der Waals surface area (Å²) in [5, 5.41) is 10.3. The molecule has 1 amide bonds. The third-order valence-electron chi connectivity index (χ3n) is 3.81. The minimum atomic E-state index is -0.170. The number of nitrogens with zero attached hydrogens (tertiary/aromatic N) is 1. The number of hydrogen-bond donors (Lipinski definition) is 2. The lowest BCUT2D eigenvalue weighted by Crippen LogP contribution is -2.51. The lowest BCUT2D eigenvalue weighted by Gasteiger charge is -2.39. The largest absolute Gasteiger partial charge is 0.507 e. The van der Waals surface area contributed by atoms with Crippen LogP contribution in [0, 0.1) is 5.92 Å². The Morgan fingerprint density at radius 2 is 2.32 bits per heavy atom. The number of aromatic hydroxyl groups is 1. The van der Waals surface area contributed by atoms with Crippen LogP contribution in [0.3, 0.4) is 0 Å². The van der Waals surface area contributed by atoms with Gasteiger partial charge in [0.05, 0.1) is 5.56 Å². The number of amides is 1. The van der Waals surface area contributed by atoms with Crippen LogP contribution in [-0.2, 0) is 0 Å². The first-order chi connectivity index (χ1) is 9.04. The lowest BCUT2D eigenvalue weighted by molar-refractivity contribution is 0.0529. The molecule has 1 aliphatic heterocycles. The number of phenols is 1. The van der Waals surface area contributed by atoms with Crippen molar-refractivity contribution >= 4 is 17.5 Å². The molecule has 1 fully saturated rings. The minimum Gasteiger partial charge on any atom is -0.507 e. The van der Waals surface area contributed by atoms with Crippen molar-refractivity contribution in [3.05, 3.63) is 28.8 Å². The van der Waals surface area contributed by atoms with Gasteiger partial charge >= 0.3 is 0 Å². The fourth-order valence-electron chi connectivity index (χ4n) is 2.70. The predicted octanol–water partition coefficient (Wildman–Crippen LogP) is 2.24. The number of nitrogens with two attached hydrogens (primary N) is 1. The van der Waals surface area contributed by atoms with E-state index in [0.717, 1.165) is 12.8 Å². The topological polar surface area (TPSA) is 66.6 Å². The molecule has 1 heterocycles. The Kier molecular flexibility index (Phi) is 4.32. The summed E-state index contributed by atoms with van der Waals surface area (Å²) in [4.78, 5) is 14.3. The first-order valence-corrected chi connectivity index (χ1v) is 6.92. The summed E-state index contributed by atoms with van der Waals surface area (Å²) in [7, 11) is 0. The van der Waals surface area contributed by atoms with E-state index in [0.29, 0.717) is 24.0 Å². The van der Waals surface area contributed by atoms with Crippen LogP contribution in [-0.4, -0.2) is 35.0 Å². The number of hydrogen-bond acceptors (Lipinski definition) is 3. The Bertz CT molecular complexity index is 479. The molecular weight excluding hydrogens is 264 g/mol. The molecular formula is C14H19ClN2O2. The van der Waals surface area contributed by atoms with Crippen LogP contribution in [0.1, 0.15) is 30.1 Å². The third kappa shape index (κ3) is 2.85. The van der Waals surface area contributed by atoms with E-state index in [1.165, 1.54) is 6.07 Å². The second-order valence-electron chi connectivity index (χ2n) is 5.08. The SMILES string of the molecule is CC1CCCN(C(=O)c2ccc(Cl)cc2O)C1CN. The highest BCUT2D eigenvalue weighted by Crippen LogP contribution is 2.28. The molecule has 2 unspecified atom stereocenters. The molecule has 5 heteroatoms. The summed E-state index contributed by atoms with van der Waals surface area (Å²) in [5.74, 6) is 0.139. The minimum absolute atomic E-state index is 0.0383. The molecule has 2 atom stereocenters. The van der Waals surface area contributed by atoms with Crippen molar-refractivity contribution in [2.45, 2.75) is 25.8 Å². The van der Waals surface area contributed by atoms with Crippen LogP contribution in [0.15, 0.2) is 18.2 Å². The molecule has 0 saturated carbocycles. The highest BCUT2D eigenvalue weighted by molar-refractivity contribution is 6.30. The zero-order valence-electron chi connectivity index (χ0n) is 11.0. The number of halogens is 1. The predicted molar refractivity (Wildman–Crippen MR) is 75.4 cm³/mol. The van der Waals surface area contributed by atoms with Gasteiger partial charge in [-0.3, -0.25) is 4.79 Å². The molecule has 0 aromatic heterocycles. The van der Waals surface area contributed by atoms with Crippen molar-refractivity contribution in [3.63, 3.8) is 0 Å². The normalized spacial score (nSPS) is 23.4. The highest BCUT2D eigenvalue weighted by Gasteiger charge is 2.32. The van der Waals surface area contributed by atoms with Gasteiger partial charge in [0.15, 0.2) is 0 Å². The van der Waals surface area contributed by atoms with Gasteiger partial charge in [-0.25, -0.2) is 0 Å². The molecule has 1 saturated heterocycles. The first kappa shape index (κ1) is 14.2. The molecule has 4 nitrogen and oxygen atoms in total. The number of benzene rings is 1. The van der Waals surface area contributed by atoms with Crippen LogP contribution in [0.2, 0.25) is 5.02 Å². The summed E-state index contributed by atoms with van der Waals surface area (Å²) in [6, 6.07) is 4.60. The van der Waals surface area contributed by atoms with E-state index in [-0.39, 0.29) is 23.3 Å². The molecule has 0 spiro atoms. The van der Waals surface area contributed by atoms with Gasteiger partial charge in [-0.05, 0) is 37.0 Å². The van der Waals surface area contributed by atoms with Gasteiger partial charge < -0.3 is 15.7 Å². The van der Waals surface area contributed by atoms with Gasteiger partial charge in [0.25, 0.3) is 5.91 Å². The van der Waals surface area contributed by atoms with Gasteiger partial charge in [0.1, 0.15) is 5.75 Å². The number of likely N-dealkylation sites (tertiary alicyclic amines) is 1. The second kappa shape index (κ2) is 5.80. The third-order valence-corrected chi connectivity index (χ3v) is 4.04. The Morgan fingerprint density at radius 3 is 2.95 bits per heavy atom. The molecule has 1 aromatic carbocycles. The summed E-state index contributed by atoms with van der Waals surface area (Å²) in [6.45, 7) is 3.24. The van der Waals surface area contributed by atoms with Gasteiger partial charge in [0, 0.05) is 24.2 Å². The van der Waals surface area contributed by atoms with Crippen LogP contribution in [0.4, 0.5) is 0 Å². The summed E-state index contributed by atoms with van der Waals surface area (Å²) < 4.78 is 0. The highest BCUT2D eigenvalue weighted by atomic mass is 35.5. The van der Waals surface area contributed by atoms with Gasteiger partial charge in [-0.15, -0.1) is 0 Å². The maximum atomic E-state index is 12.5. The molecule has 0 bridgehead atoms. The van der Waals surface area contributed by atoms with Gasteiger partial charge in [0.2, 0.25) is 0 Å². The number of piperidine rings is 1. The van der Waals surface area contributed by atoms with Crippen molar-refractivity contribution in [2.75, 3.05) is 13.1 Å². The molecule has 2 rings (SSSR count). The molecule has 1 aromatic rings. The average molecular weight is 283 g/mol. The maximum absolute atomic E-state index is 12.5. The summed E-state index contributed by atoms with van der Waals surface area (Å²) in [6.07, 6.45) is 2.05. The van der Waals surface area contributed by atoms with Crippen molar-refractivity contribution in [1.29, 1.82) is 0 Å². The van der Waals surface area contributed by atoms with Crippen LogP contribution in [0.5, 0.6) is 5.75 Å². The average Bonchev–Trinajstić information content (AvgIpc) is 2.37. The van der Waals surface area contributed by atoms with Crippen LogP contribution in [0.25, 0.3) is 0 Å². The van der Waals surface area contributed by atoms with Crippen molar-refractivity contribution < 1.29 is 9.90 Å². The fourth-order valence-corrected chi connectivity index (χ4v) is 2.87. The Labute approximate surface area is 118 Å². The molecule has 104 valence electrons.